The molecule has 0 saturated carbocycles. The SMILES string of the molecule is CCCCCCN(CCOc1ccc(CCCCN=C(N)NC(=O)c2nc(Cl)c(N)nc2N)cc1)C[C@@H](O)[C@H](O)[C@@H](O)[C@H](O)CO. The van der Waals surface area contributed by atoms with Crippen molar-refractivity contribution in [3.63, 3.8) is 0 Å². The summed E-state index contributed by atoms with van der Waals surface area (Å²) >= 11 is 5.81. The molecule has 1 aromatic carbocycles. The van der Waals surface area contributed by atoms with Gasteiger partial charge in [0.05, 0.1) is 12.7 Å². The molecule has 0 saturated heterocycles. The average molecular weight is 669 g/mol. The second-order valence-electron chi connectivity index (χ2n) is 11.0. The number of carbonyl (C=O) groups is 1. The second-order valence-corrected chi connectivity index (χ2v) is 11.3. The van der Waals surface area contributed by atoms with Gasteiger partial charge >= 0.3 is 0 Å². The van der Waals surface area contributed by atoms with E-state index in [0.717, 1.165) is 50.5 Å². The molecule has 2 rings (SSSR count). The number of ether oxygens (including phenoxy) is 1. The summed E-state index contributed by atoms with van der Waals surface area (Å²) in [5.41, 5.74) is 17.9. The van der Waals surface area contributed by atoms with Gasteiger partial charge < -0.3 is 47.5 Å². The fraction of sp³-hybridized carbons (Fsp3) is 0.600. The molecule has 1 heterocycles. The molecule has 1 amide bonds. The Balaban J connectivity index is 1.76. The summed E-state index contributed by atoms with van der Waals surface area (Å²) in [6, 6.07) is 7.73. The Hall–Kier alpha value is -3.31. The van der Waals surface area contributed by atoms with Crippen molar-refractivity contribution in [1.82, 2.24) is 20.2 Å². The number of nitrogens with zero attached hydrogens (tertiary/aromatic N) is 4. The second kappa shape index (κ2) is 20.7. The molecular formula is C30H49ClN8O7. The standard InChI is InChI=1S/C30H49ClN8O7/c1-2-3-4-7-14-39(17-21(41)24(43)25(44)22(42)18-40)15-16-46-20-11-9-19(10-12-20)8-5-6-13-35-30(34)38-29(45)23-27(32)37-28(33)26(31)36-23/h9-12,21-22,24-25,40-44H,2-8,13-18H2,1H3,(H4,32,33,37)(H3,34,35,38,45)/t21-,22-,24+,25+/m1/s1. The molecule has 4 atom stereocenters. The number of aliphatic hydroxyl groups excluding tert-OH is 5. The lowest BCUT2D eigenvalue weighted by Crippen LogP contribution is -2.50. The van der Waals surface area contributed by atoms with Crippen molar-refractivity contribution in [3.05, 3.63) is 40.7 Å². The van der Waals surface area contributed by atoms with Crippen molar-refractivity contribution < 1.29 is 35.1 Å². The summed E-state index contributed by atoms with van der Waals surface area (Å²) < 4.78 is 5.91. The van der Waals surface area contributed by atoms with Crippen LogP contribution in [0.5, 0.6) is 5.75 Å². The Kier molecular flexibility index (Phi) is 17.5. The maximum absolute atomic E-state index is 12.3. The van der Waals surface area contributed by atoms with Crippen LogP contribution in [0.2, 0.25) is 5.15 Å². The van der Waals surface area contributed by atoms with Crippen LogP contribution in [0.1, 0.15) is 61.5 Å². The van der Waals surface area contributed by atoms with Gasteiger partial charge in [-0.05, 0) is 49.9 Å². The van der Waals surface area contributed by atoms with Crippen LogP contribution in [0.4, 0.5) is 11.6 Å². The minimum absolute atomic E-state index is 0.0770. The van der Waals surface area contributed by atoms with Crippen molar-refractivity contribution >= 4 is 35.1 Å². The smallest absolute Gasteiger partial charge is 0.280 e. The fourth-order valence-electron chi connectivity index (χ4n) is 4.50. The van der Waals surface area contributed by atoms with E-state index < -0.39 is 36.9 Å². The van der Waals surface area contributed by atoms with E-state index in [1.165, 1.54) is 0 Å². The van der Waals surface area contributed by atoms with Crippen LogP contribution in [-0.4, -0.2) is 116 Å². The Labute approximate surface area is 274 Å². The number of halogens is 1. The highest BCUT2D eigenvalue weighted by atomic mass is 35.5. The molecular weight excluding hydrogens is 620 g/mol. The third-order valence-electron chi connectivity index (χ3n) is 7.22. The summed E-state index contributed by atoms with van der Waals surface area (Å²) in [5, 5.41) is 51.5. The zero-order valence-corrected chi connectivity index (χ0v) is 27.0. The van der Waals surface area contributed by atoms with Gasteiger partial charge in [0.1, 0.15) is 30.7 Å². The number of aromatic nitrogens is 2. The number of rotatable bonds is 21. The van der Waals surface area contributed by atoms with Gasteiger partial charge in [-0.3, -0.25) is 20.0 Å². The molecule has 2 aromatic rings. The molecule has 46 heavy (non-hydrogen) atoms. The zero-order chi connectivity index (χ0) is 34.1. The molecule has 258 valence electrons. The van der Waals surface area contributed by atoms with Gasteiger partial charge in [-0.2, -0.15) is 0 Å². The molecule has 15 nitrogen and oxygen atoms in total. The molecule has 16 heteroatoms. The van der Waals surface area contributed by atoms with E-state index in [2.05, 4.69) is 27.2 Å². The fourth-order valence-corrected chi connectivity index (χ4v) is 4.63. The highest BCUT2D eigenvalue weighted by molar-refractivity contribution is 6.31. The van der Waals surface area contributed by atoms with Gasteiger partial charge in [0, 0.05) is 19.6 Å². The Morgan fingerprint density at radius 1 is 0.978 bits per heavy atom. The third-order valence-corrected chi connectivity index (χ3v) is 7.49. The number of benzene rings is 1. The molecule has 0 aliphatic carbocycles. The predicted molar refractivity (Wildman–Crippen MR) is 176 cm³/mol. The van der Waals surface area contributed by atoms with Crippen LogP contribution in [-0.2, 0) is 6.42 Å². The zero-order valence-electron chi connectivity index (χ0n) is 26.3. The van der Waals surface area contributed by atoms with Crippen molar-refractivity contribution in [3.8, 4) is 5.75 Å². The van der Waals surface area contributed by atoms with Crippen LogP contribution in [0.15, 0.2) is 29.3 Å². The molecule has 0 unspecified atom stereocenters. The number of guanidine groups is 1. The van der Waals surface area contributed by atoms with E-state index in [9.17, 15) is 25.2 Å². The molecule has 0 bridgehead atoms. The Morgan fingerprint density at radius 3 is 2.35 bits per heavy atom. The van der Waals surface area contributed by atoms with Crippen LogP contribution in [0, 0.1) is 0 Å². The van der Waals surface area contributed by atoms with Gasteiger partial charge in [-0.25, -0.2) is 9.97 Å². The predicted octanol–water partition coefficient (Wildman–Crippen LogP) is 0.0588. The number of unbranched alkanes of at least 4 members (excludes halogenated alkanes) is 4. The number of hydrogen-bond donors (Lipinski definition) is 9. The number of nitrogens with one attached hydrogen (secondary N) is 1. The molecule has 0 spiro atoms. The number of hydrogen-bond acceptors (Lipinski definition) is 13. The van der Waals surface area contributed by atoms with E-state index >= 15 is 0 Å². The first-order valence-electron chi connectivity index (χ1n) is 15.4. The van der Waals surface area contributed by atoms with Crippen LogP contribution < -0.4 is 27.3 Å². The van der Waals surface area contributed by atoms with E-state index in [4.69, 9.17) is 38.6 Å². The number of carbonyl (C=O) groups excluding carboxylic acids is 1. The van der Waals surface area contributed by atoms with E-state index in [1.54, 1.807) is 0 Å². The minimum Gasteiger partial charge on any atom is -0.492 e. The Bertz CT molecular complexity index is 1220. The first kappa shape index (κ1) is 38.9. The topological polar surface area (TPSA) is 259 Å². The molecule has 0 fully saturated rings. The van der Waals surface area contributed by atoms with E-state index in [0.29, 0.717) is 32.0 Å². The minimum atomic E-state index is -1.66. The number of anilines is 2. The van der Waals surface area contributed by atoms with Crippen molar-refractivity contribution in [2.24, 2.45) is 10.7 Å². The lowest BCUT2D eigenvalue weighted by molar-refractivity contribution is -0.119. The highest BCUT2D eigenvalue weighted by Gasteiger charge is 2.31. The number of amides is 1. The lowest BCUT2D eigenvalue weighted by Gasteiger charge is -2.30. The normalized spacial score (nSPS) is 14.6. The first-order chi connectivity index (χ1) is 22.0. The van der Waals surface area contributed by atoms with Gasteiger partial charge in [0.25, 0.3) is 5.91 Å². The summed E-state index contributed by atoms with van der Waals surface area (Å²) in [5.74, 6) is -0.334. The van der Waals surface area contributed by atoms with Gasteiger partial charge in [0.15, 0.2) is 28.4 Å². The Morgan fingerprint density at radius 2 is 1.67 bits per heavy atom. The number of nitrogens with two attached hydrogens (primary N) is 3. The number of aryl methyl sites for hydroxylation is 1. The first-order valence-corrected chi connectivity index (χ1v) is 15.8. The summed E-state index contributed by atoms with van der Waals surface area (Å²) in [4.78, 5) is 26.0. The maximum atomic E-state index is 12.3. The quantitative estimate of drug-likeness (QED) is 0.0485. The van der Waals surface area contributed by atoms with Crippen molar-refractivity contribution in [2.75, 3.05) is 50.9 Å². The van der Waals surface area contributed by atoms with Gasteiger partial charge in [0.2, 0.25) is 0 Å². The third kappa shape index (κ3) is 13.6. The monoisotopic (exact) mass is 668 g/mol. The molecule has 1 aromatic heterocycles. The summed E-state index contributed by atoms with van der Waals surface area (Å²) in [6.45, 7) is 3.38. The lowest BCUT2D eigenvalue weighted by atomic mass is 10.0. The molecule has 0 radical (unpaired) electrons. The number of aliphatic imine (C=N–C) groups is 1. The number of nitrogen functional groups attached to an aromatic ring is 2. The number of aliphatic hydroxyl groups is 5. The van der Waals surface area contributed by atoms with Crippen molar-refractivity contribution in [2.45, 2.75) is 76.3 Å². The largest absolute Gasteiger partial charge is 0.492 e. The molecule has 0 aliphatic heterocycles. The summed E-state index contributed by atoms with van der Waals surface area (Å²) in [6.07, 6.45) is 0.370. The van der Waals surface area contributed by atoms with E-state index in [1.807, 2.05) is 29.2 Å². The van der Waals surface area contributed by atoms with Crippen LogP contribution in [0.25, 0.3) is 0 Å². The van der Waals surface area contributed by atoms with Crippen molar-refractivity contribution in [1.29, 1.82) is 0 Å². The highest BCUT2D eigenvalue weighted by Crippen LogP contribution is 2.17. The van der Waals surface area contributed by atoms with Crippen LogP contribution in [0.3, 0.4) is 0 Å². The summed E-state index contributed by atoms with van der Waals surface area (Å²) in [7, 11) is 0. The van der Waals surface area contributed by atoms with Gasteiger partial charge in [-0.15, -0.1) is 0 Å². The van der Waals surface area contributed by atoms with E-state index in [-0.39, 0.29) is 35.0 Å². The van der Waals surface area contributed by atoms with Gasteiger partial charge in [-0.1, -0.05) is 49.9 Å². The molecule has 0 aliphatic rings. The van der Waals surface area contributed by atoms with Crippen LogP contribution >= 0.6 is 11.6 Å². The average Bonchev–Trinajstić information content (AvgIpc) is 3.03. The maximum Gasteiger partial charge on any atom is 0.280 e. The molecule has 12 N–H and O–H groups in total.